The molecular formula is C47H34F3IrN4. The van der Waals surface area contributed by atoms with Gasteiger partial charge in [0.2, 0.25) is 0 Å². The van der Waals surface area contributed by atoms with E-state index >= 15 is 0 Å². The molecule has 0 saturated heterocycles. The molecule has 0 spiro atoms. The van der Waals surface area contributed by atoms with Crippen LogP contribution in [0.1, 0.15) is 13.8 Å². The Morgan fingerprint density at radius 1 is 0.618 bits per heavy atom. The predicted molar refractivity (Wildman–Crippen MR) is 214 cm³/mol. The summed E-state index contributed by atoms with van der Waals surface area (Å²) in [5.41, 5.74) is 5.54. The molecule has 4 nitrogen and oxygen atoms in total. The van der Waals surface area contributed by atoms with Crippen molar-refractivity contribution < 1.29 is 33.3 Å². The Hall–Kier alpha value is -6.21. The molecule has 0 atom stereocenters. The van der Waals surface area contributed by atoms with Gasteiger partial charge in [-0.15, -0.1) is 42.1 Å². The van der Waals surface area contributed by atoms with Gasteiger partial charge in [0.25, 0.3) is 0 Å². The first-order valence-corrected chi connectivity index (χ1v) is 17.1. The van der Waals surface area contributed by atoms with Gasteiger partial charge in [-0.1, -0.05) is 127 Å². The second-order valence-corrected chi connectivity index (χ2v) is 12.0. The minimum absolute atomic E-state index is 0. The molecule has 0 saturated carbocycles. The van der Waals surface area contributed by atoms with Crippen molar-refractivity contribution in [3.05, 3.63) is 211 Å². The number of aromatic nitrogens is 2. The van der Waals surface area contributed by atoms with E-state index in [4.69, 9.17) is 0 Å². The minimum atomic E-state index is -0.654. The summed E-state index contributed by atoms with van der Waals surface area (Å²) in [5.74, 6) is -1.59. The number of fused-ring (bicyclic) bond motifs is 2. The summed E-state index contributed by atoms with van der Waals surface area (Å²) in [5, 5.41) is 8.29. The van der Waals surface area contributed by atoms with Gasteiger partial charge in [0.15, 0.2) is 0 Å². The SMILES string of the molecule is CC(/C=C(/C)[N-]c1ccccc1)=Nc1ccccc1.Fc1c[c-]c(-c2nccc3ccccc23)c(F)c1.Fc1ccc[c-]c1-c1nccc2ccccc12.[Ir+3]. The van der Waals surface area contributed by atoms with Gasteiger partial charge >= 0.3 is 20.1 Å². The summed E-state index contributed by atoms with van der Waals surface area (Å²) in [4.78, 5) is 13.0. The van der Waals surface area contributed by atoms with Gasteiger partial charge < -0.3 is 15.3 Å². The molecule has 8 rings (SSSR count). The molecule has 0 aliphatic heterocycles. The quantitative estimate of drug-likeness (QED) is 0.123. The standard InChI is InChI=1S/C17H17N2.C15H8F2N.C15H9FN.Ir/c1-14(18-16-9-5-3-6-10-16)13-15(2)19-17-11-7-4-8-12-17;16-11-5-6-13(14(17)9-11)15-12-4-2-1-3-10(12)7-8-18-15;16-14-8-4-3-7-13(14)15-12-6-2-1-5-11(12)9-10-17-15;/h3-13H,1-2H3;1-5,7-9H;1-6,8-10H;/q3*-1;+3/b14-13-,19-15?;;;. The van der Waals surface area contributed by atoms with Crippen LogP contribution in [-0.4, -0.2) is 15.7 Å². The second-order valence-electron chi connectivity index (χ2n) is 12.0. The van der Waals surface area contributed by atoms with Crippen molar-refractivity contribution in [1.29, 1.82) is 0 Å². The minimum Gasteiger partial charge on any atom is -0.661 e. The van der Waals surface area contributed by atoms with E-state index in [1.165, 1.54) is 6.07 Å². The van der Waals surface area contributed by atoms with E-state index in [0.717, 1.165) is 56.5 Å². The number of aliphatic imine (C=N–C) groups is 1. The topological polar surface area (TPSA) is 52.2 Å². The van der Waals surface area contributed by atoms with E-state index in [2.05, 4.69) is 32.4 Å². The largest absolute Gasteiger partial charge is 3.00 e. The number of rotatable bonds is 6. The van der Waals surface area contributed by atoms with Crippen LogP contribution in [0.25, 0.3) is 49.4 Å². The van der Waals surface area contributed by atoms with E-state index in [9.17, 15) is 13.2 Å². The number of nitrogens with zero attached hydrogens (tertiary/aromatic N) is 4. The van der Waals surface area contributed by atoms with Gasteiger partial charge in [0.1, 0.15) is 0 Å². The number of hydrogen-bond donors (Lipinski definition) is 0. The Balaban J connectivity index is 0.000000157. The van der Waals surface area contributed by atoms with Crippen molar-refractivity contribution in [2.24, 2.45) is 4.99 Å². The smallest absolute Gasteiger partial charge is 0.661 e. The maximum absolute atomic E-state index is 13.8. The van der Waals surface area contributed by atoms with Crippen LogP contribution >= 0.6 is 0 Å². The van der Waals surface area contributed by atoms with Crippen LogP contribution in [0.2, 0.25) is 0 Å². The predicted octanol–water partition coefficient (Wildman–Crippen LogP) is 13.2. The van der Waals surface area contributed by atoms with Crippen LogP contribution < -0.4 is 0 Å². The van der Waals surface area contributed by atoms with Gasteiger partial charge in [-0.25, -0.2) is 0 Å². The number of pyridine rings is 2. The number of halogens is 3. The molecule has 0 fully saturated rings. The molecule has 55 heavy (non-hydrogen) atoms. The molecular weight excluding hydrogens is 870 g/mol. The average molecular weight is 904 g/mol. The molecule has 0 aliphatic rings. The van der Waals surface area contributed by atoms with Crippen molar-refractivity contribution in [2.45, 2.75) is 13.8 Å². The summed E-state index contributed by atoms with van der Waals surface area (Å²) in [7, 11) is 0. The van der Waals surface area contributed by atoms with Crippen LogP contribution in [0.5, 0.6) is 0 Å². The van der Waals surface area contributed by atoms with E-state index in [1.807, 2.05) is 141 Å². The van der Waals surface area contributed by atoms with E-state index in [0.29, 0.717) is 17.0 Å². The normalized spacial score (nSPS) is 11.1. The van der Waals surface area contributed by atoms with Gasteiger partial charge in [-0.05, 0) is 64.1 Å². The van der Waals surface area contributed by atoms with Crippen molar-refractivity contribution in [2.75, 3.05) is 0 Å². The summed E-state index contributed by atoms with van der Waals surface area (Å²) >= 11 is 0. The number of para-hydroxylation sites is 2. The fourth-order valence-corrected chi connectivity index (χ4v) is 5.64. The molecule has 2 aromatic heterocycles. The zero-order chi connectivity index (χ0) is 37.7. The van der Waals surface area contributed by atoms with E-state index in [-0.39, 0.29) is 31.5 Å². The zero-order valence-electron chi connectivity index (χ0n) is 29.9. The Kier molecular flexibility index (Phi) is 14.4. The van der Waals surface area contributed by atoms with Crippen molar-refractivity contribution in [1.82, 2.24) is 9.97 Å². The van der Waals surface area contributed by atoms with Crippen LogP contribution in [0.3, 0.4) is 0 Å². The average Bonchev–Trinajstić information content (AvgIpc) is 3.19. The number of hydrogen-bond acceptors (Lipinski definition) is 3. The third-order valence-corrected chi connectivity index (χ3v) is 8.03. The van der Waals surface area contributed by atoms with E-state index in [1.54, 1.807) is 24.5 Å². The fraction of sp³-hybridized carbons (Fsp3) is 0.0426. The Morgan fingerprint density at radius 3 is 1.75 bits per heavy atom. The molecule has 2 heterocycles. The number of benzene rings is 6. The molecule has 0 radical (unpaired) electrons. The fourth-order valence-electron chi connectivity index (χ4n) is 5.64. The molecule has 6 aromatic carbocycles. The second kappa shape index (κ2) is 19.7. The molecule has 0 amide bonds. The van der Waals surface area contributed by atoms with Crippen molar-refractivity contribution >= 4 is 38.6 Å². The van der Waals surface area contributed by atoms with Gasteiger partial charge in [-0.3, -0.25) is 18.2 Å². The molecule has 0 N–H and O–H groups in total. The summed E-state index contributed by atoms with van der Waals surface area (Å²) in [6.45, 7) is 3.97. The Labute approximate surface area is 332 Å². The van der Waals surface area contributed by atoms with Gasteiger partial charge in [0.05, 0.1) is 5.69 Å². The third kappa shape index (κ3) is 10.9. The first-order valence-electron chi connectivity index (χ1n) is 17.1. The summed E-state index contributed by atoms with van der Waals surface area (Å²) in [6.07, 6.45) is 5.28. The molecule has 0 aliphatic carbocycles. The van der Waals surface area contributed by atoms with E-state index < -0.39 is 11.6 Å². The molecule has 8 heteroatoms. The maximum Gasteiger partial charge on any atom is 3.00 e. The molecule has 0 unspecified atom stereocenters. The third-order valence-electron chi connectivity index (χ3n) is 8.03. The number of allylic oxidation sites excluding steroid dienone is 2. The maximum atomic E-state index is 13.8. The molecule has 0 bridgehead atoms. The van der Waals surface area contributed by atoms with Crippen molar-refractivity contribution in [3.8, 4) is 22.5 Å². The Morgan fingerprint density at radius 2 is 1.16 bits per heavy atom. The first kappa shape index (κ1) is 40.0. The Bertz CT molecular complexity index is 2530. The summed E-state index contributed by atoms with van der Waals surface area (Å²) < 4.78 is 40.4. The molecule has 8 aromatic rings. The summed E-state index contributed by atoms with van der Waals surface area (Å²) in [6, 6.07) is 51.2. The van der Waals surface area contributed by atoms with Crippen LogP contribution in [0.15, 0.2) is 181 Å². The molecule has 272 valence electrons. The van der Waals surface area contributed by atoms with Crippen LogP contribution in [-0.2, 0) is 20.1 Å². The monoisotopic (exact) mass is 904 g/mol. The first-order chi connectivity index (χ1) is 26.4. The van der Waals surface area contributed by atoms with Crippen LogP contribution in [0, 0.1) is 29.6 Å². The zero-order valence-corrected chi connectivity index (χ0v) is 32.3. The van der Waals surface area contributed by atoms with Gasteiger partial charge in [0, 0.05) is 35.6 Å². The van der Waals surface area contributed by atoms with Crippen LogP contribution in [0.4, 0.5) is 24.5 Å². The van der Waals surface area contributed by atoms with Crippen molar-refractivity contribution in [3.63, 3.8) is 0 Å². The van der Waals surface area contributed by atoms with Gasteiger partial charge in [-0.2, -0.15) is 5.70 Å².